The second-order valence-corrected chi connectivity index (χ2v) is 8.47. The van der Waals surface area contributed by atoms with Gasteiger partial charge in [0, 0.05) is 11.3 Å². The fraction of sp³-hybridized carbons (Fsp3) is 0.179. The van der Waals surface area contributed by atoms with Crippen LogP contribution in [-0.4, -0.2) is 35.1 Å². The number of benzene rings is 3. The number of nitriles is 1. The summed E-state index contributed by atoms with van der Waals surface area (Å²) in [6.45, 7) is 4.15. The summed E-state index contributed by atoms with van der Waals surface area (Å²) < 4.78 is 11.0. The predicted octanol–water partition coefficient (Wildman–Crippen LogP) is 5.34. The molecule has 1 unspecified atom stereocenters. The maximum absolute atomic E-state index is 13.4. The Bertz CT molecular complexity index is 1440. The van der Waals surface area contributed by atoms with Crippen molar-refractivity contribution < 1.29 is 29.3 Å². The molecule has 0 bridgehead atoms. The van der Waals surface area contributed by atoms with Gasteiger partial charge in [0.05, 0.1) is 41.5 Å². The van der Waals surface area contributed by atoms with Crippen molar-refractivity contribution in [3.63, 3.8) is 0 Å². The number of ketones is 1. The Hall–Kier alpha value is -4.48. The Morgan fingerprint density at radius 2 is 1.68 bits per heavy atom. The first-order valence-corrected chi connectivity index (χ1v) is 11.9. The van der Waals surface area contributed by atoms with E-state index in [-0.39, 0.29) is 29.2 Å². The van der Waals surface area contributed by atoms with E-state index in [1.807, 2.05) is 6.07 Å². The number of halogens is 1. The first kappa shape index (κ1) is 25.6. The fourth-order valence-electron chi connectivity index (χ4n) is 4.15. The highest BCUT2D eigenvalue weighted by atomic mass is 35.5. The van der Waals surface area contributed by atoms with Gasteiger partial charge in [0.2, 0.25) is 0 Å². The first-order valence-electron chi connectivity index (χ1n) is 11.5. The molecular weight excluding hydrogens is 496 g/mol. The molecule has 8 nitrogen and oxygen atoms in total. The number of ether oxygens (including phenoxy) is 2. The molecule has 1 amide bonds. The summed E-state index contributed by atoms with van der Waals surface area (Å²) >= 11 is 6.19. The molecule has 0 aliphatic carbocycles. The van der Waals surface area contributed by atoms with Crippen LogP contribution >= 0.6 is 11.6 Å². The first-order chi connectivity index (χ1) is 17.8. The van der Waals surface area contributed by atoms with Gasteiger partial charge in [-0.05, 0) is 74.0 Å². The summed E-state index contributed by atoms with van der Waals surface area (Å²) in [5.41, 5.74) is 1.23. The highest BCUT2D eigenvalue weighted by Gasteiger charge is 2.47. The molecule has 1 heterocycles. The minimum absolute atomic E-state index is 0.111. The van der Waals surface area contributed by atoms with Gasteiger partial charge < -0.3 is 19.7 Å². The van der Waals surface area contributed by atoms with E-state index in [4.69, 9.17) is 26.3 Å². The Labute approximate surface area is 218 Å². The van der Waals surface area contributed by atoms with E-state index in [1.165, 1.54) is 47.4 Å². The highest BCUT2D eigenvalue weighted by Crippen LogP contribution is 2.44. The Balaban J connectivity index is 1.95. The number of phenols is 1. The summed E-state index contributed by atoms with van der Waals surface area (Å²) in [6, 6.07) is 16.1. The van der Waals surface area contributed by atoms with Gasteiger partial charge in [-0.1, -0.05) is 17.7 Å². The molecule has 188 valence electrons. The molecule has 0 saturated carbocycles. The van der Waals surface area contributed by atoms with Crippen LogP contribution in [0.2, 0.25) is 5.02 Å². The van der Waals surface area contributed by atoms with Crippen molar-refractivity contribution in [3.8, 4) is 23.3 Å². The fourth-order valence-corrected chi connectivity index (χ4v) is 4.33. The number of Topliss-reactive ketones (excluding diaryl/α,β-unsaturated/α-hetero) is 1. The van der Waals surface area contributed by atoms with Gasteiger partial charge in [-0.15, -0.1) is 0 Å². The van der Waals surface area contributed by atoms with E-state index in [1.54, 1.807) is 32.0 Å². The number of anilines is 1. The summed E-state index contributed by atoms with van der Waals surface area (Å²) in [5.74, 6) is -1.81. The monoisotopic (exact) mass is 518 g/mol. The number of hydrogen-bond acceptors (Lipinski definition) is 7. The zero-order valence-electron chi connectivity index (χ0n) is 20.1. The molecule has 9 heteroatoms. The number of nitrogens with zero attached hydrogens (tertiary/aromatic N) is 2. The molecule has 0 spiro atoms. The SMILES string of the molecule is CCOc1cc(C2/C(=C(/O)c3ccc(Cl)c(OCC)c3)C(=O)C(=O)N2c2ccc(C#N)cc2)ccc1O. The van der Waals surface area contributed by atoms with Crippen LogP contribution in [0.1, 0.15) is 36.6 Å². The van der Waals surface area contributed by atoms with Crippen molar-refractivity contribution in [1.82, 2.24) is 0 Å². The highest BCUT2D eigenvalue weighted by molar-refractivity contribution is 6.51. The molecule has 37 heavy (non-hydrogen) atoms. The lowest BCUT2D eigenvalue weighted by atomic mass is 9.94. The Morgan fingerprint density at radius 3 is 2.32 bits per heavy atom. The largest absolute Gasteiger partial charge is 0.507 e. The van der Waals surface area contributed by atoms with Gasteiger partial charge in [-0.25, -0.2) is 0 Å². The summed E-state index contributed by atoms with van der Waals surface area (Å²) in [6.07, 6.45) is 0. The smallest absolute Gasteiger partial charge is 0.300 e. The van der Waals surface area contributed by atoms with E-state index in [2.05, 4.69) is 0 Å². The maximum Gasteiger partial charge on any atom is 0.300 e. The molecule has 1 fully saturated rings. The molecular formula is C28H23ClN2O6. The molecule has 1 aliphatic rings. The summed E-state index contributed by atoms with van der Waals surface area (Å²) in [5, 5.41) is 31.1. The van der Waals surface area contributed by atoms with Crippen molar-refractivity contribution in [2.45, 2.75) is 19.9 Å². The molecule has 3 aromatic rings. The van der Waals surface area contributed by atoms with Crippen LogP contribution in [0.3, 0.4) is 0 Å². The van der Waals surface area contributed by atoms with E-state index < -0.39 is 23.5 Å². The van der Waals surface area contributed by atoms with Gasteiger partial charge in [-0.2, -0.15) is 5.26 Å². The number of aliphatic hydroxyl groups excluding tert-OH is 1. The third kappa shape index (κ3) is 4.82. The van der Waals surface area contributed by atoms with Gasteiger partial charge >= 0.3 is 0 Å². The van der Waals surface area contributed by atoms with Crippen LogP contribution in [0.15, 0.2) is 66.2 Å². The second kappa shape index (κ2) is 10.6. The third-order valence-corrected chi connectivity index (χ3v) is 6.14. The number of hydrogen-bond donors (Lipinski definition) is 2. The summed E-state index contributed by atoms with van der Waals surface area (Å²) in [4.78, 5) is 27.9. The van der Waals surface area contributed by atoms with Crippen LogP contribution in [0, 0.1) is 11.3 Å². The van der Waals surface area contributed by atoms with Crippen LogP contribution in [-0.2, 0) is 9.59 Å². The number of amides is 1. The molecule has 2 N–H and O–H groups in total. The van der Waals surface area contributed by atoms with Crippen LogP contribution < -0.4 is 14.4 Å². The molecule has 1 aliphatic heterocycles. The second-order valence-electron chi connectivity index (χ2n) is 8.07. The molecule has 1 atom stereocenters. The van der Waals surface area contributed by atoms with Gasteiger partial charge in [0.25, 0.3) is 11.7 Å². The van der Waals surface area contributed by atoms with Crippen molar-refractivity contribution in [2.75, 3.05) is 18.1 Å². The summed E-state index contributed by atoms with van der Waals surface area (Å²) in [7, 11) is 0. The number of carbonyl (C=O) groups is 2. The van der Waals surface area contributed by atoms with Crippen molar-refractivity contribution in [3.05, 3.63) is 87.9 Å². The number of aliphatic hydroxyl groups is 1. The van der Waals surface area contributed by atoms with Crippen molar-refractivity contribution in [1.29, 1.82) is 5.26 Å². The van der Waals surface area contributed by atoms with E-state index in [0.717, 1.165) is 0 Å². The van der Waals surface area contributed by atoms with Crippen LogP contribution in [0.4, 0.5) is 5.69 Å². The molecule has 4 rings (SSSR count). The standard InChI is InChI=1S/C28H23ClN2O6/c1-3-36-22-14-18(7-11-20(22)29)26(33)24-25(17-8-12-21(32)23(13-17)37-4-2)31(28(35)27(24)34)19-9-5-16(15-30)6-10-19/h5-14,25,32-33H,3-4H2,1-2H3/b26-24-. The molecule has 3 aromatic carbocycles. The third-order valence-electron chi connectivity index (χ3n) is 5.82. The zero-order chi connectivity index (χ0) is 26.7. The van der Waals surface area contributed by atoms with Crippen LogP contribution in [0.5, 0.6) is 17.2 Å². The van der Waals surface area contributed by atoms with Crippen molar-refractivity contribution >= 4 is 34.7 Å². The zero-order valence-corrected chi connectivity index (χ0v) is 20.8. The van der Waals surface area contributed by atoms with Gasteiger partial charge in [0.1, 0.15) is 11.5 Å². The number of rotatable bonds is 7. The number of carbonyl (C=O) groups excluding carboxylic acids is 2. The van der Waals surface area contributed by atoms with Crippen LogP contribution in [0.25, 0.3) is 5.76 Å². The molecule has 0 radical (unpaired) electrons. The average molecular weight is 519 g/mol. The lowest BCUT2D eigenvalue weighted by molar-refractivity contribution is -0.132. The Kier molecular flexibility index (Phi) is 7.37. The lowest BCUT2D eigenvalue weighted by Gasteiger charge is -2.26. The van der Waals surface area contributed by atoms with Gasteiger partial charge in [-0.3, -0.25) is 14.5 Å². The number of aromatic hydroxyl groups is 1. The van der Waals surface area contributed by atoms with Crippen molar-refractivity contribution in [2.24, 2.45) is 0 Å². The average Bonchev–Trinajstić information content (AvgIpc) is 3.16. The lowest BCUT2D eigenvalue weighted by Crippen LogP contribution is -2.29. The van der Waals surface area contributed by atoms with E-state index in [0.29, 0.717) is 34.2 Å². The van der Waals surface area contributed by atoms with Gasteiger partial charge in [0.15, 0.2) is 11.5 Å². The topological polar surface area (TPSA) is 120 Å². The minimum Gasteiger partial charge on any atom is -0.507 e. The minimum atomic E-state index is -1.06. The normalized spacial score (nSPS) is 16.5. The Morgan fingerprint density at radius 1 is 1.00 bits per heavy atom. The predicted molar refractivity (Wildman–Crippen MR) is 138 cm³/mol. The molecule has 1 saturated heterocycles. The quantitative estimate of drug-likeness (QED) is 0.246. The number of phenolic OH excluding ortho intramolecular Hbond substituents is 1. The maximum atomic E-state index is 13.4. The molecule has 0 aromatic heterocycles. The van der Waals surface area contributed by atoms with E-state index >= 15 is 0 Å². The van der Waals surface area contributed by atoms with E-state index in [9.17, 15) is 19.8 Å².